The highest BCUT2D eigenvalue weighted by atomic mass is 31.2. The van der Waals surface area contributed by atoms with E-state index in [0.717, 1.165) is 20.6 Å². The lowest BCUT2D eigenvalue weighted by Crippen LogP contribution is -2.59. The molecule has 220 valence electrons. The fourth-order valence-electron chi connectivity index (χ4n) is 4.90. The fraction of sp³-hybridized carbons (Fsp3) is 0.476. The molecule has 1 aliphatic heterocycles. The van der Waals surface area contributed by atoms with Gasteiger partial charge in [-0.1, -0.05) is 0 Å². The molecule has 1 aromatic heterocycles. The first-order valence-electron chi connectivity index (χ1n) is 11.7. The first-order chi connectivity index (χ1) is 18.4. The van der Waals surface area contributed by atoms with Gasteiger partial charge in [0.2, 0.25) is 5.43 Å². The highest BCUT2D eigenvalue weighted by molar-refractivity contribution is 7.70. The van der Waals surface area contributed by atoms with Crippen molar-refractivity contribution < 1.29 is 61.3 Å². The summed E-state index contributed by atoms with van der Waals surface area (Å²) in [7, 11) is -11.2. The van der Waals surface area contributed by atoms with Crippen LogP contribution in [0.3, 0.4) is 0 Å². The Labute approximate surface area is 222 Å². The Hall–Kier alpha value is -2.94. The number of halogens is 3. The zero-order chi connectivity index (χ0) is 30.1. The van der Waals surface area contributed by atoms with Crippen molar-refractivity contribution in [1.82, 2.24) is 9.47 Å². The number of carbonyl (C=O) groups excluding carboxylic acids is 1. The first kappa shape index (κ1) is 30.0. The number of pyridine rings is 1. The molecule has 0 radical (unpaired) electrons. The molecule has 2 fully saturated rings. The minimum absolute atomic E-state index is 0.407. The quantitative estimate of drug-likeness (QED) is 0.235. The molecule has 2 aliphatic rings. The molecular weight excluding hydrogens is 589 g/mol. The Morgan fingerprint density at radius 1 is 0.975 bits per heavy atom. The van der Waals surface area contributed by atoms with E-state index < -0.39 is 109 Å². The number of benzene rings is 1. The fourth-order valence-corrected chi connectivity index (χ4v) is 6.93. The number of carbonyl (C=O) groups is 2. The Bertz CT molecular complexity index is 1530. The van der Waals surface area contributed by atoms with Gasteiger partial charge in [0.1, 0.15) is 11.3 Å². The molecule has 19 heteroatoms. The van der Waals surface area contributed by atoms with E-state index in [-0.39, 0.29) is 0 Å². The number of hydrogen-bond donors (Lipinski definition) is 5. The van der Waals surface area contributed by atoms with Crippen LogP contribution in [0.25, 0.3) is 10.9 Å². The van der Waals surface area contributed by atoms with Gasteiger partial charge < -0.3 is 38.9 Å². The molecule has 40 heavy (non-hydrogen) atoms. The van der Waals surface area contributed by atoms with Gasteiger partial charge in [0.25, 0.3) is 0 Å². The summed E-state index contributed by atoms with van der Waals surface area (Å²) in [5.41, 5.74) is -6.86. The van der Waals surface area contributed by atoms with E-state index >= 15 is 13.2 Å². The topological polar surface area (TPSA) is 207 Å². The summed E-state index contributed by atoms with van der Waals surface area (Å²) < 4.78 is 75.2. The van der Waals surface area contributed by atoms with Crippen molar-refractivity contribution >= 4 is 43.8 Å². The van der Waals surface area contributed by atoms with Crippen LogP contribution in [0.2, 0.25) is 0 Å². The number of nitrogens with zero attached hydrogens (tertiary/aromatic N) is 3. The molecule has 5 N–H and O–H groups in total. The summed E-state index contributed by atoms with van der Waals surface area (Å²) in [6.07, 6.45) is 0.311. The van der Waals surface area contributed by atoms with Crippen LogP contribution in [0, 0.1) is 17.5 Å². The second kappa shape index (κ2) is 10.2. The predicted octanol–water partition coefficient (Wildman–Crippen LogP) is 2.13. The lowest BCUT2D eigenvalue weighted by molar-refractivity contribution is 0.0603. The number of fused-ring (bicyclic) bond motifs is 1. The van der Waals surface area contributed by atoms with Gasteiger partial charge in [-0.3, -0.25) is 18.8 Å². The van der Waals surface area contributed by atoms with Crippen molar-refractivity contribution in [3.05, 3.63) is 39.4 Å². The number of aromatic carboxylic acids is 1. The summed E-state index contributed by atoms with van der Waals surface area (Å²) in [6, 6.07) is -2.56. The summed E-state index contributed by atoms with van der Waals surface area (Å²) >= 11 is 0. The number of piperazine rings is 1. The van der Waals surface area contributed by atoms with E-state index in [1.54, 1.807) is 0 Å². The van der Waals surface area contributed by atoms with Crippen LogP contribution in [-0.4, -0.2) is 77.0 Å². The van der Waals surface area contributed by atoms with E-state index in [9.17, 15) is 48.2 Å². The van der Waals surface area contributed by atoms with Gasteiger partial charge in [-0.15, -0.1) is 0 Å². The monoisotopic (exact) mass is 613 g/mol. The lowest BCUT2D eigenvalue weighted by Gasteiger charge is -2.45. The van der Waals surface area contributed by atoms with E-state index in [1.807, 2.05) is 0 Å². The van der Waals surface area contributed by atoms with Crippen LogP contribution >= 0.6 is 15.2 Å². The van der Waals surface area contributed by atoms with Crippen LogP contribution in [0.5, 0.6) is 0 Å². The average molecular weight is 613 g/mol. The highest BCUT2D eigenvalue weighted by Gasteiger charge is 2.49. The second-order valence-electron chi connectivity index (χ2n) is 9.73. The minimum atomic E-state index is -5.61. The van der Waals surface area contributed by atoms with Crippen LogP contribution in [-0.2, 0) is 13.9 Å². The van der Waals surface area contributed by atoms with E-state index in [0.29, 0.717) is 12.8 Å². The molecule has 0 bridgehead atoms. The molecular formula is C21H24F3N3O11P2. The summed E-state index contributed by atoms with van der Waals surface area (Å²) in [5.74, 6) is -6.57. The van der Waals surface area contributed by atoms with Crippen molar-refractivity contribution in [3.8, 4) is 0 Å². The smallest absolute Gasteiger partial charge is 0.411 e. The molecule has 1 aliphatic carbocycles. The maximum absolute atomic E-state index is 16.0. The molecule has 0 unspecified atom stereocenters. The summed E-state index contributed by atoms with van der Waals surface area (Å²) in [5, 5.41) is 8.29. The van der Waals surface area contributed by atoms with Crippen molar-refractivity contribution in [2.45, 2.75) is 50.4 Å². The largest absolute Gasteiger partial charge is 0.477 e. The first-order valence-corrected chi connectivity index (χ1v) is 15.0. The van der Waals surface area contributed by atoms with E-state index in [4.69, 9.17) is 0 Å². The zero-order valence-electron chi connectivity index (χ0n) is 20.8. The molecule has 2 atom stereocenters. The molecule has 1 saturated carbocycles. The maximum Gasteiger partial charge on any atom is 0.411 e. The molecule has 1 aromatic carbocycles. The number of ether oxygens (including phenoxy) is 1. The van der Waals surface area contributed by atoms with Crippen molar-refractivity contribution in [1.29, 1.82) is 0 Å². The standard InChI is InChI=1S/C21H24F3N3O11P2/c1-8-5-25(6-9(2)27(8)20(31)38-21(39(32,33)34)40(35,36)37)17-14(23)13(22)12-16(15(17)24)26(10-3-4-10)7-11(18(12)28)19(29)30/h7-10,21H,3-6H2,1-2H3,(H,29,30)(H2,32,33,34)(H2,35,36,37)/t8-,9+. The number of hydrogen-bond acceptors (Lipinski definition) is 7. The normalized spacial score (nSPS) is 20.4. The van der Waals surface area contributed by atoms with Crippen molar-refractivity contribution in [2.24, 2.45) is 0 Å². The van der Waals surface area contributed by atoms with Crippen LogP contribution in [0.1, 0.15) is 43.1 Å². The van der Waals surface area contributed by atoms with Gasteiger partial charge in [0.15, 0.2) is 17.5 Å². The van der Waals surface area contributed by atoms with Gasteiger partial charge in [-0.2, -0.15) is 0 Å². The molecule has 4 rings (SSSR count). The lowest BCUT2D eigenvalue weighted by atomic mass is 10.0. The average Bonchev–Trinajstić information content (AvgIpc) is 3.64. The molecule has 2 heterocycles. The Kier molecular flexibility index (Phi) is 7.63. The van der Waals surface area contributed by atoms with Crippen LogP contribution < -0.4 is 10.3 Å². The SMILES string of the molecule is C[C@@H]1CN(c2c(F)c(F)c3c(=O)c(C(=O)O)cn(C4CC4)c3c2F)C[C@H](C)N1C(=O)OC(P(=O)(O)O)P(=O)(O)O. The Morgan fingerprint density at radius 3 is 1.95 bits per heavy atom. The third-order valence-corrected chi connectivity index (χ3v) is 9.84. The van der Waals surface area contributed by atoms with E-state index in [1.165, 1.54) is 13.8 Å². The predicted molar refractivity (Wildman–Crippen MR) is 131 cm³/mol. The number of carboxylic acids is 1. The van der Waals surface area contributed by atoms with Crippen molar-refractivity contribution in [3.63, 3.8) is 0 Å². The zero-order valence-corrected chi connectivity index (χ0v) is 22.6. The Balaban J connectivity index is 1.74. The molecule has 14 nitrogen and oxygen atoms in total. The number of rotatable bonds is 6. The van der Waals surface area contributed by atoms with Gasteiger partial charge in [0, 0.05) is 25.3 Å². The van der Waals surface area contributed by atoms with Gasteiger partial charge in [-0.25, -0.2) is 22.8 Å². The molecule has 2 aromatic rings. The number of amides is 1. The van der Waals surface area contributed by atoms with Crippen LogP contribution in [0.15, 0.2) is 11.0 Å². The van der Waals surface area contributed by atoms with E-state index in [2.05, 4.69) is 4.74 Å². The minimum Gasteiger partial charge on any atom is -0.477 e. The summed E-state index contributed by atoms with van der Waals surface area (Å²) in [6.45, 7) is 1.85. The molecule has 1 saturated heterocycles. The number of carboxylic acid groups (broad SMARTS) is 1. The number of anilines is 1. The van der Waals surface area contributed by atoms with Crippen LogP contribution in [0.4, 0.5) is 23.7 Å². The van der Waals surface area contributed by atoms with Gasteiger partial charge in [0.05, 0.1) is 23.0 Å². The van der Waals surface area contributed by atoms with Crippen molar-refractivity contribution in [2.75, 3.05) is 18.0 Å². The third kappa shape index (κ3) is 5.24. The summed E-state index contributed by atoms with van der Waals surface area (Å²) in [4.78, 5) is 75.7. The highest BCUT2D eigenvalue weighted by Crippen LogP contribution is 2.60. The molecule has 0 spiro atoms. The Morgan fingerprint density at radius 2 is 1.50 bits per heavy atom. The number of aromatic nitrogens is 1. The second-order valence-corrected chi connectivity index (χ2v) is 13.4. The van der Waals surface area contributed by atoms with Gasteiger partial charge in [-0.05, 0) is 26.7 Å². The molecule has 1 amide bonds. The maximum atomic E-state index is 16.0. The third-order valence-electron chi connectivity index (χ3n) is 6.67. The van der Waals surface area contributed by atoms with Gasteiger partial charge >= 0.3 is 32.8 Å².